The molecule has 3 atom stereocenters. The number of hydrogen-bond acceptors (Lipinski definition) is 8. The Bertz CT molecular complexity index is 1940. The van der Waals surface area contributed by atoms with Crippen LogP contribution in [0.15, 0.2) is 12.6 Å². The number of alkyl halides is 1. The molecule has 51 heavy (non-hydrogen) atoms. The van der Waals surface area contributed by atoms with Crippen molar-refractivity contribution in [2.75, 3.05) is 43.9 Å². The van der Waals surface area contributed by atoms with Crippen LogP contribution in [0.4, 0.5) is 20.3 Å². The number of aryl methyl sites for hydroxylation is 3. The lowest BCUT2D eigenvalue weighted by Crippen LogP contribution is -2.40. The number of nitrogen functional groups attached to an aromatic ring is 1. The number of rotatable bonds is 7. The van der Waals surface area contributed by atoms with Gasteiger partial charge in [-0.3, -0.25) is 9.58 Å². The van der Waals surface area contributed by atoms with Gasteiger partial charge in [0.15, 0.2) is 0 Å². The largest absolute Gasteiger partial charge is 0.395 e. The molecule has 0 radical (unpaired) electrons. The Morgan fingerprint density at radius 3 is 2.82 bits per heavy atom. The number of nitrogens with two attached hydrogens (primary N) is 1. The SMILES string of the molecule is C=C(c1nn2c(c1Cl)CN(c1nc(CCC34CCCN3CC(F)C4)nc3c1CCC1(CCCc4cc(F)c(N)c(C#N)c41)C3)CCC2)N(C)CC. The molecule has 0 bridgehead atoms. The number of benzene rings is 1. The minimum Gasteiger partial charge on any atom is -0.395 e. The van der Waals surface area contributed by atoms with Crippen LogP contribution in [0.25, 0.3) is 5.70 Å². The fraction of sp³-hybridized carbons (Fsp3) is 0.590. The Labute approximate surface area is 304 Å². The van der Waals surface area contributed by atoms with Crippen LogP contribution in [-0.4, -0.2) is 74.5 Å². The van der Waals surface area contributed by atoms with Gasteiger partial charge >= 0.3 is 0 Å². The first-order valence-electron chi connectivity index (χ1n) is 18.8. The number of hydrogen-bond donors (Lipinski definition) is 1. The predicted molar refractivity (Wildman–Crippen MR) is 196 cm³/mol. The highest BCUT2D eigenvalue weighted by Gasteiger charge is 2.49. The van der Waals surface area contributed by atoms with Crippen molar-refractivity contribution in [3.8, 4) is 6.07 Å². The lowest BCUT2D eigenvalue weighted by molar-refractivity contribution is 0.181. The summed E-state index contributed by atoms with van der Waals surface area (Å²) in [7, 11) is 2.00. The van der Waals surface area contributed by atoms with Gasteiger partial charge in [0.05, 0.1) is 39.9 Å². The van der Waals surface area contributed by atoms with Crippen LogP contribution in [0.3, 0.4) is 0 Å². The van der Waals surface area contributed by atoms with Gasteiger partial charge in [-0.05, 0) is 101 Å². The fourth-order valence-corrected chi connectivity index (χ4v) is 10.4. The summed E-state index contributed by atoms with van der Waals surface area (Å²) in [4.78, 5) is 17.4. The molecule has 2 fully saturated rings. The van der Waals surface area contributed by atoms with E-state index in [4.69, 9.17) is 32.4 Å². The molecule has 8 rings (SSSR count). The summed E-state index contributed by atoms with van der Waals surface area (Å²) in [5, 5.41) is 15.8. The first kappa shape index (κ1) is 34.3. The van der Waals surface area contributed by atoms with E-state index in [1.807, 2.05) is 11.7 Å². The number of nitrogens with zero attached hydrogens (tertiary/aromatic N) is 8. The third-order valence-electron chi connectivity index (χ3n) is 12.8. The van der Waals surface area contributed by atoms with Crippen LogP contribution in [-0.2, 0) is 44.2 Å². The van der Waals surface area contributed by atoms with Crippen molar-refractivity contribution in [2.45, 2.75) is 114 Å². The molecule has 5 aliphatic rings. The molecule has 1 spiro atoms. The molecule has 2 saturated heterocycles. The minimum atomic E-state index is -0.784. The van der Waals surface area contributed by atoms with Crippen molar-refractivity contribution in [2.24, 2.45) is 0 Å². The topological polar surface area (TPSA) is 103 Å². The number of nitriles is 1. The zero-order chi connectivity index (χ0) is 35.7. The molecule has 5 heterocycles. The van der Waals surface area contributed by atoms with Crippen LogP contribution < -0.4 is 10.6 Å². The van der Waals surface area contributed by atoms with E-state index in [-0.39, 0.29) is 22.2 Å². The smallest absolute Gasteiger partial charge is 0.147 e. The van der Waals surface area contributed by atoms with Gasteiger partial charge in [-0.25, -0.2) is 18.7 Å². The standard InChI is InChI=1S/C39H48ClF2N9/c1-4-48(3)24(2)36-34(40)31-23-49(15-7-17-51(31)47-36)37-27-9-13-38(11-5-8-25-18-29(42)35(44)28(21-43)33(25)38)20-30(27)45-32(46-37)10-14-39-12-6-16-50(39)22-26(41)19-39/h18,26H,2,4-17,19-20,22-23,44H2,1,3H3. The zero-order valence-electron chi connectivity index (χ0n) is 29.9. The summed E-state index contributed by atoms with van der Waals surface area (Å²) < 4.78 is 31.7. The molecule has 2 N–H and O–H groups in total. The molecular formula is C39H48ClF2N9. The molecule has 3 aromatic rings. The number of fused-ring (bicyclic) bond motifs is 5. The van der Waals surface area contributed by atoms with E-state index >= 15 is 0 Å². The van der Waals surface area contributed by atoms with E-state index < -0.39 is 12.0 Å². The van der Waals surface area contributed by atoms with Crippen molar-refractivity contribution in [1.29, 1.82) is 5.26 Å². The van der Waals surface area contributed by atoms with Gasteiger partial charge in [-0.2, -0.15) is 10.4 Å². The molecule has 2 aliphatic carbocycles. The summed E-state index contributed by atoms with van der Waals surface area (Å²) in [5.74, 6) is 1.20. The first-order chi connectivity index (χ1) is 24.6. The van der Waals surface area contributed by atoms with Crippen LogP contribution >= 0.6 is 11.6 Å². The van der Waals surface area contributed by atoms with E-state index in [0.717, 1.165) is 129 Å². The Morgan fingerprint density at radius 1 is 1.18 bits per heavy atom. The quantitative estimate of drug-likeness (QED) is 0.276. The molecule has 0 amide bonds. The first-order valence-corrected chi connectivity index (χ1v) is 19.1. The summed E-state index contributed by atoms with van der Waals surface area (Å²) >= 11 is 7.09. The average molecular weight is 716 g/mol. The number of aromatic nitrogens is 4. The van der Waals surface area contributed by atoms with Crippen molar-refractivity contribution in [3.05, 3.63) is 68.6 Å². The molecular weight excluding hydrogens is 668 g/mol. The summed E-state index contributed by atoms with van der Waals surface area (Å²) in [6, 6.07) is 3.83. The molecule has 1 aromatic carbocycles. The predicted octanol–water partition coefficient (Wildman–Crippen LogP) is 6.52. The van der Waals surface area contributed by atoms with Gasteiger partial charge in [-0.1, -0.05) is 18.2 Å². The minimum absolute atomic E-state index is 0.0549. The Kier molecular flexibility index (Phi) is 8.77. The maximum atomic E-state index is 14.9. The van der Waals surface area contributed by atoms with Gasteiger partial charge < -0.3 is 15.5 Å². The third-order valence-corrected chi connectivity index (χ3v) is 13.2. The molecule has 2 aromatic heterocycles. The fourth-order valence-electron chi connectivity index (χ4n) is 10.1. The van der Waals surface area contributed by atoms with Crippen molar-refractivity contribution in [1.82, 2.24) is 29.5 Å². The normalized spacial score (nSPS) is 25.6. The van der Waals surface area contributed by atoms with Gasteiger partial charge in [0, 0.05) is 56.2 Å². The highest BCUT2D eigenvalue weighted by atomic mass is 35.5. The van der Waals surface area contributed by atoms with Crippen molar-refractivity contribution < 1.29 is 8.78 Å². The van der Waals surface area contributed by atoms with E-state index in [1.165, 1.54) is 0 Å². The Morgan fingerprint density at radius 2 is 2.02 bits per heavy atom. The maximum Gasteiger partial charge on any atom is 0.147 e. The van der Waals surface area contributed by atoms with Crippen LogP contribution in [0.1, 0.15) is 103 Å². The zero-order valence-corrected chi connectivity index (χ0v) is 30.6. The second-order valence-corrected chi connectivity index (χ2v) is 16.0. The van der Waals surface area contributed by atoms with Crippen molar-refractivity contribution >= 4 is 28.8 Å². The maximum absolute atomic E-state index is 14.9. The van der Waals surface area contributed by atoms with Crippen molar-refractivity contribution in [3.63, 3.8) is 0 Å². The van der Waals surface area contributed by atoms with Crippen LogP contribution in [0.5, 0.6) is 0 Å². The summed E-state index contributed by atoms with van der Waals surface area (Å²) in [5.41, 5.74) is 12.4. The lowest BCUT2D eigenvalue weighted by atomic mass is 9.61. The molecule has 0 saturated carbocycles. The van der Waals surface area contributed by atoms with E-state index in [9.17, 15) is 14.0 Å². The van der Waals surface area contributed by atoms with E-state index in [1.54, 1.807) is 6.07 Å². The van der Waals surface area contributed by atoms with Gasteiger partial charge in [0.2, 0.25) is 0 Å². The highest BCUT2D eigenvalue weighted by molar-refractivity contribution is 6.32. The Hall–Kier alpha value is -3.75. The molecule has 3 aliphatic heterocycles. The lowest BCUT2D eigenvalue weighted by Gasteiger charge is -2.44. The van der Waals surface area contributed by atoms with E-state index in [2.05, 4.69) is 34.3 Å². The second kappa shape index (κ2) is 13.0. The van der Waals surface area contributed by atoms with Gasteiger partial charge in [0.25, 0.3) is 0 Å². The highest BCUT2D eigenvalue weighted by Crippen LogP contribution is 2.50. The molecule has 270 valence electrons. The average Bonchev–Trinajstić information content (AvgIpc) is 3.69. The van der Waals surface area contributed by atoms with Crippen LogP contribution in [0, 0.1) is 17.1 Å². The summed E-state index contributed by atoms with van der Waals surface area (Å²) in [6.45, 7) is 10.7. The monoisotopic (exact) mass is 715 g/mol. The van der Waals surface area contributed by atoms with Gasteiger partial charge in [-0.15, -0.1) is 0 Å². The number of halogens is 3. The third kappa shape index (κ3) is 5.68. The van der Waals surface area contributed by atoms with Gasteiger partial charge in [0.1, 0.15) is 35.4 Å². The molecule has 9 nitrogen and oxygen atoms in total. The number of anilines is 2. The van der Waals surface area contributed by atoms with Crippen LogP contribution in [0.2, 0.25) is 5.02 Å². The molecule has 12 heteroatoms. The molecule has 3 unspecified atom stereocenters. The summed E-state index contributed by atoms with van der Waals surface area (Å²) in [6.07, 6.45) is 8.98. The van der Waals surface area contributed by atoms with E-state index in [0.29, 0.717) is 43.1 Å². The Balaban J connectivity index is 1.19. The second-order valence-electron chi connectivity index (χ2n) is 15.6.